The molecule has 0 bridgehead atoms. The lowest BCUT2D eigenvalue weighted by Gasteiger charge is -2.26. The Morgan fingerprint density at radius 1 is 1.33 bits per heavy atom. The number of ether oxygens (including phenoxy) is 1. The Balaban J connectivity index is 2.08. The molecule has 158 valence electrons. The second kappa shape index (κ2) is 8.10. The Morgan fingerprint density at radius 3 is 2.63 bits per heavy atom. The van der Waals surface area contributed by atoms with Crippen LogP contribution in [0.2, 0.25) is 5.15 Å². The molecule has 0 saturated carbocycles. The number of anilines is 2. The summed E-state index contributed by atoms with van der Waals surface area (Å²) in [5.41, 5.74) is -0.518. The van der Waals surface area contributed by atoms with E-state index >= 15 is 0 Å². The van der Waals surface area contributed by atoms with E-state index in [2.05, 4.69) is 20.4 Å². The summed E-state index contributed by atoms with van der Waals surface area (Å²) in [6.45, 7) is 0. The Hall–Kier alpha value is -3.49. The van der Waals surface area contributed by atoms with Crippen molar-refractivity contribution in [1.29, 1.82) is 0 Å². The number of benzene rings is 1. The number of nitrogens with zero attached hydrogens (tertiary/aromatic N) is 5. The van der Waals surface area contributed by atoms with Crippen LogP contribution in [0.1, 0.15) is 0 Å². The highest BCUT2D eigenvalue weighted by Crippen LogP contribution is 2.31. The van der Waals surface area contributed by atoms with Crippen molar-refractivity contribution in [2.45, 2.75) is 0 Å². The van der Waals surface area contributed by atoms with Gasteiger partial charge in [-0.3, -0.25) is 5.32 Å². The summed E-state index contributed by atoms with van der Waals surface area (Å²) in [5.74, 6) is -1.57. The van der Waals surface area contributed by atoms with Crippen molar-refractivity contribution in [1.82, 2.24) is 19.7 Å². The van der Waals surface area contributed by atoms with Crippen LogP contribution >= 0.6 is 11.6 Å². The number of rotatable bonds is 5. The number of aromatic nitrogens is 4. The number of para-hydroxylation sites is 1. The maximum absolute atomic E-state index is 12.7. The fourth-order valence-electron chi connectivity index (χ4n) is 2.32. The summed E-state index contributed by atoms with van der Waals surface area (Å²) in [5, 5.41) is 5.76. The number of methoxy groups -OCH3 is 1. The standard InChI is InChI=1S/C15H13ClN6O7S/c1-21-15(24)29-12(20-21)8-5-3-4-6-9(8)22(30(25,26)27)14(23)19-13-17-10(16)7-11(18-13)28-2/h3-7H,1-2H3,(H,25,26,27)(H,17,18,19,23)/p-1. The van der Waals surface area contributed by atoms with E-state index in [9.17, 15) is 22.6 Å². The zero-order valence-electron chi connectivity index (χ0n) is 15.3. The van der Waals surface area contributed by atoms with Crippen molar-refractivity contribution < 1.29 is 26.9 Å². The third kappa shape index (κ3) is 4.40. The summed E-state index contributed by atoms with van der Waals surface area (Å²) in [6, 6.07) is 5.12. The van der Waals surface area contributed by atoms with Crippen molar-refractivity contribution in [2.75, 3.05) is 16.7 Å². The van der Waals surface area contributed by atoms with Gasteiger partial charge in [0.05, 0.1) is 18.4 Å². The summed E-state index contributed by atoms with van der Waals surface area (Å²) in [7, 11) is -2.81. The molecule has 30 heavy (non-hydrogen) atoms. The minimum Gasteiger partial charge on any atom is -0.730 e. The summed E-state index contributed by atoms with van der Waals surface area (Å²) >= 11 is 5.79. The molecule has 3 rings (SSSR count). The average molecular weight is 456 g/mol. The van der Waals surface area contributed by atoms with E-state index in [0.717, 1.165) is 10.7 Å². The number of hydrogen-bond donors (Lipinski definition) is 1. The highest BCUT2D eigenvalue weighted by atomic mass is 35.5. The first-order valence-corrected chi connectivity index (χ1v) is 9.63. The lowest BCUT2D eigenvalue weighted by molar-refractivity contribution is 0.259. The van der Waals surface area contributed by atoms with E-state index in [0.29, 0.717) is 0 Å². The molecule has 0 fully saturated rings. The average Bonchev–Trinajstić information content (AvgIpc) is 2.99. The molecule has 3 aromatic rings. The predicted molar refractivity (Wildman–Crippen MR) is 102 cm³/mol. The number of carbonyl (C=O) groups excluding carboxylic acids is 1. The lowest BCUT2D eigenvalue weighted by Crippen LogP contribution is -2.40. The first kappa shape index (κ1) is 21.2. The summed E-state index contributed by atoms with van der Waals surface area (Å²) in [6.07, 6.45) is 0. The molecule has 1 N–H and O–H groups in total. The number of aryl methyl sites for hydroxylation is 1. The van der Waals surface area contributed by atoms with E-state index in [1.807, 2.05) is 0 Å². The Kier molecular flexibility index (Phi) is 5.73. The van der Waals surface area contributed by atoms with Crippen LogP contribution in [0.15, 0.2) is 39.5 Å². The first-order valence-electron chi connectivity index (χ1n) is 7.89. The molecule has 2 amide bonds. The van der Waals surface area contributed by atoms with Crippen LogP contribution in [0.3, 0.4) is 0 Å². The van der Waals surface area contributed by atoms with Crippen LogP contribution in [-0.2, 0) is 17.4 Å². The van der Waals surface area contributed by atoms with Crippen molar-refractivity contribution in [3.63, 3.8) is 0 Å². The molecule has 13 nitrogen and oxygen atoms in total. The van der Waals surface area contributed by atoms with Crippen LogP contribution in [0.25, 0.3) is 11.5 Å². The number of halogens is 1. The molecule has 15 heteroatoms. The normalized spacial score (nSPS) is 11.2. The van der Waals surface area contributed by atoms with Crippen LogP contribution < -0.4 is 20.1 Å². The quantitative estimate of drug-likeness (QED) is 0.431. The highest BCUT2D eigenvalue weighted by Gasteiger charge is 2.27. The van der Waals surface area contributed by atoms with Gasteiger partial charge in [0, 0.05) is 13.1 Å². The molecule has 2 aromatic heterocycles. The van der Waals surface area contributed by atoms with Crippen LogP contribution in [0.5, 0.6) is 5.88 Å². The number of amides is 2. The van der Waals surface area contributed by atoms with E-state index in [4.69, 9.17) is 20.8 Å². The SMILES string of the molecule is COc1cc(Cl)nc(NC(=O)N(c2ccccc2-c2nn(C)c(=O)o2)S(=O)(=O)[O-])n1. The van der Waals surface area contributed by atoms with E-state index in [1.165, 1.54) is 38.4 Å². The van der Waals surface area contributed by atoms with Gasteiger partial charge in [0.2, 0.25) is 11.8 Å². The second-order valence-electron chi connectivity index (χ2n) is 5.52. The molecule has 1 aromatic carbocycles. The molecule has 0 spiro atoms. The highest BCUT2D eigenvalue weighted by molar-refractivity contribution is 7.88. The van der Waals surface area contributed by atoms with E-state index < -0.39 is 33.7 Å². The third-order valence-electron chi connectivity index (χ3n) is 3.55. The number of urea groups is 1. The van der Waals surface area contributed by atoms with Crippen molar-refractivity contribution in [3.05, 3.63) is 46.0 Å². The van der Waals surface area contributed by atoms with E-state index in [1.54, 1.807) is 0 Å². The number of nitrogens with one attached hydrogen (secondary N) is 1. The molecule has 0 aliphatic rings. The van der Waals surface area contributed by atoms with Gasteiger partial charge < -0.3 is 13.7 Å². The Labute approximate surface area is 173 Å². The first-order chi connectivity index (χ1) is 14.1. The van der Waals surface area contributed by atoms with Gasteiger partial charge in [0.1, 0.15) is 5.15 Å². The molecule has 0 aliphatic carbocycles. The van der Waals surface area contributed by atoms with Crippen molar-refractivity contribution >= 4 is 39.6 Å². The largest absolute Gasteiger partial charge is 0.730 e. The van der Waals surface area contributed by atoms with Crippen LogP contribution in [-0.4, -0.2) is 45.9 Å². The van der Waals surface area contributed by atoms with Gasteiger partial charge in [0.25, 0.3) is 5.89 Å². The molecular formula is C15H12ClN6O7S-. The van der Waals surface area contributed by atoms with Gasteiger partial charge in [0.15, 0.2) is 10.3 Å². The molecule has 2 heterocycles. The fourth-order valence-corrected chi connectivity index (χ4v) is 3.14. The summed E-state index contributed by atoms with van der Waals surface area (Å²) in [4.78, 5) is 31.8. The van der Waals surface area contributed by atoms with Gasteiger partial charge in [-0.05, 0) is 12.1 Å². The Morgan fingerprint density at radius 2 is 2.03 bits per heavy atom. The molecule has 0 aliphatic heterocycles. The Bertz CT molecular complexity index is 1270. The molecular weight excluding hydrogens is 444 g/mol. The predicted octanol–water partition coefficient (Wildman–Crippen LogP) is 0.991. The third-order valence-corrected chi connectivity index (χ3v) is 4.55. The lowest BCUT2D eigenvalue weighted by atomic mass is 10.2. The van der Waals surface area contributed by atoms with Crippen LogP contribution in [0, 0.1) is 0 Å². The monoisotopic (exact) mass is 455 g/mol. The van der Waals surface area contributed by atoms with Crippen LogP contribution in [0.4, 0.5) is 16.4 Å². The second-order valence-corrected chi connectivity index (χ2v) is 7.13. The number of carbonyl (C=O) groups is 1. The van der Waals surface area contributed by atoms with Gasteiger partial charge in [-0.1, -0.05) is 23.7 Å². The zero-order valence-corrected chi connectivity index (χ0v) is 16.8. The number of hydrogen-bond acceptors (Lipinski definition) is 10. The molecule has 0 unspecified atom stereocenters. The smallest absolute Gasteiger partial charge is 0.437 e. The van der Waals surface area contributed by atoms with Crippen molar-refractivity contribution in [2.24, 2.45) is 7.05 Å². The summed E-state index contributed by atoms with van der Waals surface area (Å²) < 4.78 is 46.3. The minimum absolute atomic E-state index is 0.0162. The molecule has 0 atom stereocenters. The minimum atomic E-state index is -5.40. The van der Waals surface area contributed by atoms with E-state index in [-0.39, 0.29) is 26.8 Å². The molecule has 0 radical (unpaired) electrons. The zero-order chi connectivity index (χ0) is 22.1. The van der Waals surface area contributed by atoms with Gasteiger partial charge in [-0.25, -0.2) is 23.0 Å². The topological polar surface area (TPSA) is 173 Å². The van der Waals surface area contributed by atoms with Gasteiger partial charge in [-0.2, -0.15) is 14.0 Å². The maximum Gasteiger partial charge on any atom is 0.437 e. The maximum atomic E-state index is 12.7. The van der Waals surface area contributed by atoms with Gasteiger partial charge in [-0.15, -0.1) is 5.10 Å². The fraction of sp³-hybridized carbons (Fsp3) is 0.133. The molecule has 0 saturated heterocycles. The van der Waals surface area contributed by atoms with Gasteiger partial charge >= 0.3 is 11.8 Å². The van der Waals surface area contributed by atoms with Crippen molar-refractivity contribution in [3.8, 4) is 17.3 Å².